The molecule has 0 amide bonds. The lowest BCUT2D eigenvalue weighted by atomic mass is 10.00. The fraction of sp³-hybridized carbons (Fsp3) is 0.357. The number of ether oxygens (including phenoxy) is 1. The van der Waals surface area contributed by atoms with E-state index in [9.17, 15) is 0 Å². The number of H-pyrrole nitrogens is 1. The van der Waals surface area contributed by atoms with Gasteiger partial charge in [0.25, 0.3) is 0 Å². The molecule has 1 aromatic carbocycles. The minimum Gasteiger partial charge on any atom is -0.496 e. The Balaban J connectivity index is 2.54. The Bertz CT molecular complexity index is 578. The Morgan fingerprint density at radius 1 is 1.42 bits per heavy atom. The number of methoxy groups -OCH3 is 1. The maximum atomic E-state index is 5.66. The van der Waals surface area contributed by atoms with Crippen LogP contribution in [-0.4, -0.2) is 17.1 Å². The van der Waals surface area contributed by atoms with E-state index in [-0.39, 0.29) is 0 Å². The van der Waals surface area contributed by atoms with Gasteiger partial charge in [0.05, 0.1) is 18.4 Å². The van der Waals surface area contributed by atoms with Gasteiger partial charge in [-0.05, 0) is 39.5 Å². The quantitative estimate of drug-likeness (QED) is 0.906. The van der Waals surface area contributed by atoms with Crippen molar-refractivity contribution in [3.8, 4) is 17.1 Å². The SMILES string of the molecule is COc1ccc(C(C)C)cc1-c1nc(Br)c(CN)[nH]1. The van der Waals surface area contributed by atoms with Gasteiger partial charge in [-0.1, -0.05) is 19.9 Å². The fourth-order valence-electron chi connectivity index (χ4n) is 1.92. The van der Waals surface area contributed by atoms with Crippen molar-refractivity contribution in [2.75, 3.05) is 7.11 Å². The van der Waals surface area contributed by atoms with E-state index in [1.54, 1.807) is 7.11 Å². The van der Waals surface area contributed by atoms with Crippen LogP contribution in [0.25, 0.3) is 11.4 Å². The molecule has 2 aromatic rings. The average molecular weight is 324 g/mol. The normalized spacial score (nSPS) is 11.1. The molecule has 0 aliphatic rings. The molecule has 0 aliphatic carbocycles. The summed E-state index contributed by atoms with van der Waals surface area (Å²) < 4.78 is 6.16. The van der Waals surface area contributed by atoms with Crippen LogP contribution in [0.3, 0.4) is 0 Å². The van der Waals surface area contributed by atoms with Crippen molar-refractivity contribution in [1.29, 1.82) is 0 Å². The van der Waals surface area contributed by atoms with E-state index in [2.05, 4.69) is 51.9 Å². The van der Waals surface area contributed by atoms with Crippen molar-refractivity contribution in [3.05, 3.63) is 34.1 Å². The van der Waals surface area contributed by atoms with Crippen LogP contribution in [-0.2, 0) is 6.54 Å². The second-order valence-corrected chi connectivity index (χ2v) is 5.42. The number of nitrogens with zero attached hydrogens (tertiary/aromatic N) is 1. The van der Waals surface area contributed by atoms with Crippen LogP contribution in [0, 0.1) is 0 Å². The molecule has 1 heterocycles. The summed E-state index contributed by atoms with van der Waals surface area (Å²) in [6.45, 7) is 4.74. The zero-order valence-corrected chi connectivity index (χ0v) is 12.9. The third-order valence-corrected chi connectivity index (χ3v) is 3.73. The predicted octanol–water partition coefficient (Wildman–Crippen LogP) is 3.43. The first-order chi connectivity index (χ1) is 9.06. The highest BCUT2D eigenvalue weighted by Gasteiger charge is 2.14. The average Bonchev–Trinajstić information content (AvgIpc) is 2.79. The Morgan fingerprint density at radius 2 is 2.16 bits per heavy atom. The molecule has 0 aliphatic heterocycles. The van der Waals surface area contributed by atoms with Gasteiger partial charge in [0.2, 0.25) is 0 Å². The van der Waals surface area contributed by atoms with Crippen LogP contribution in [0.4, 0.5) is 0 Å². The van der Waals surface area contributed by atoms with Crippen molar-refractivity contribution < 1.29 is 4.74 Å². The molecule has 102 valence electrons. The first kappa shape index (κ1) is 14.1. The van der Waals surface area contributed by atoms with Gasteiger partial charge in [-0.2, -0.15) is 0 Å². The summed E-state index contributed by atoms with van der Waals surface area (Å²) >= 11 is 3.41. The number of imidazole rings is 1. The summed E-state index contributed by atoms with van der Waals surface area (Å²) in [6, 6.07) is 6.16. The number of nitrogens with one attached hydrogen (secondary N) is 1. The molecule has 0 saturated carbocycles. The molecule has 0 fully saturated rings. The second-order valence-electron chi connectivity index (χ2n) is 4.67. The minimum atomic E-state index is 0.416. The first-order valence-electron chi connectivity index (χ1n) is 6.19. The maximum absolute atomic E-state index is 5.66. The van der Waals surface area contributed by atoms with E-state index < -0.39 is 0 Å². The lowest BCUT2D eigenvalue weighted by Gasteiger charge is -2.11. The van der Waals surface area contributed by atoms with Gasteiger partial charge in [0.15, 0.2) is 0 Å². The number of aromatic nitrogens is 2. The standard InChI is InChI=1S/C14H18BrN3O/c1-8(2)9-4-5-12(19-3)10(6-9)14-17-11(7-16)13(15)18-14/h4-6,8H,7,16H2,1-3H3,(H,17,18). The number of aromatic amines is 1. The van der Waals surface area contributed by atoms with Crippen LogP contribution >= 0.6 is 15.9 Å². The number of rotatable bonds is 4. The Hall–Kier alpha value is -1.33. The molecule has 0 bridgehead atoms. The highest BCUT2D eigenvalue weighted by atomic mass is 79.9. The Morgan fingerprint density at radius 3 is 2.68 bits per heavy atom. The molecule has 0 atom stereocenters. The minimum absolute atomic E-state index is 0.416. The largest absolute Gasteiger partial charge is 0.496 e. The number of halogens is 1. The monoisotopic (exact) mass is 323 g/mol. The van der Waals surface area contributed by atoms with Crippen molar-refractivity contribution in [1.82, 2.24) is 9.97 Å². The summed E-state index contributed by atoms with van der Waals surface area (Å²) in [5.41, 5.74) is 8.74. The Labute approximate surface area is 121 Å². The van der Waals surface area contributed by atoms with Gasteiger partial charge >= 0.3 is 0 Å². The fourth-order valence-corrected chi connectivity index (χ4v) is 2.36. The molecule has 3 N–H and O–H groups in total. The summed E-state index contributed by atoms with van der Waals surface area (Å²) in [5, 5.41) is 0. The molecular formula is C14H18BrN3O. The topological polar surface area (TPSA) is 63.9 Å². The Kier molecular flexibility index (Phi) is 4.27. The number of benzene rings is 1. The van der Waals surface area contributed by atoms with E-state index >= 15 is 0 Å². The van der Waals surface area contributed by atoms with Crippen LogP contribution in [0.1, 0.15) is 31.0 Å². The van der Waals surface area contributed by atoms with Crippen molar-refractivity contribution >= 4 is 15.9 Å². The number of nitrogens with two attached hydrogens (primary N) is 1. The second kappa shape index (κ2) is 5.75. The van der Waals surface area contributed by atoms with Gasteiger partial charge in [0.1, 0.15) is 16.2 Å². The molecular weight excluding hydrogens is 306 g/mol. The van der Waals surface area contributed by atoms with Crippen molar-refractivity contribution in [2.24, 2.45) is 5.73 Å². The highest BCUT2D eigenvalue weighted by Crippen LogP contribution is 2.32. The molecule has 0 saturated heterocycles. The molecule has 1 aromatic heterocycles. The number of hydrogen-bond acceptors (Lipinski definition) is 3. The molecule has 19 heavy (non-hydrogen) atoms. The van der Waals surface area contributed by atoms with E-state index in [1.807, 2.05) is 6.07 Å². The lowest BCUT2D eigenvalue weighted by molar-refractivity contribution is 0.416. The van der Waals surface area contributed by atoms with E-state index in [0.717, 1.165) is 27.4 Å². The molecule has 4 nitrogen and oxygen atoms in total. The van der Waals surface area contributed by atoms with Crippen LogP contribution < -0.4 is 10.5 Å². The summed E-state index contributed by atoms with van der Waals surface area (Å²) in [4.78, 5) is 7.69. The van der Waals surface area contributed by atoms with Gasteiger partial charge in [-0.25, -0.2) is 4.98 Å². The lowest BCUT2D eigenvalue weighted by Crippen LogP contribution is -1.97. The number of hydrogen-bond donors (Lipinski definition) is 2. The molecule has 2 rings (SSSR count). The van der Waals surface area contributed by atoms with Gasteiger partial charge < -0.3 is 15.5 Å². The van der Waals surface area contributed by atoms with E-state index in [1.165, 1.54) is 5.56 Å². The molecule has 0 radical (unpaired) electrons. The maximum Gasteiger partial charge on any atom is 0.142 e. The third-order valence-electron chi connectivity index (χ3n) is 3.08. The van der Waals surface area contributed by atoms with Gasteiger partial charge in [-0.3, -0.25) is 0 Å². The molecule has 5 heteroatoms. The van der Waals surface area contributed by atoms with Crippen LogP contribution in [0.2, 0.25) is 0 Å². The van der Waals surface area contributed by atoms with Crippen molar-refractivity contribution in [2.45, 2.75) is 26.3 Å². The highest BCUT2D eigenvalue weighted by molar-refractivity contribution is 9.10. The zero-order valence-electron chi connectivity index (χ0n) is 11.3. The van der Waals surface area contributed by atoms with E-state index in [0.29, 0.717) is 12.5 Å². The van der Waals surface area contributed by atoms with Gasteiger partial charge in [0, 0.05) is 6.54 Å². The van der Waals surface area contributed by atoms with Crippen molar-refractivity contribution in [3.63, 3.8) is 0 Å². The molecule has 0 spiro atoms. The van der Waals surface area contributed by atoms with Crippen LogP contribution in [0.5, 0.6) is 5.75 Å². The van der Waals surface area contributed by atoms with Gasteiger partial charge in [-0.15, -0.1) is 0 Å². The van der Waals surface area contributed by atoms with E-state index in [4.69, 9.17) is 10.5 Å². The first-order valence-corrected chi connectivity index (χ1v) is 6.98. The molecule has 0 unspecified atom stereocenters. The smallest absolute Gasteiger partial charge is 0.142 e. The summed E-state index contributed by atoms with van der Waals surface area (Å²) in [5.74, 6) is 2.03. The zero-order chi connectivity index (χ0) is 14.0. The third kappa shape index (κ3) is 2.82. The van der Waals surface area contributed by atoms with Crippen LogP contribution in [0.15, 0.2) is 22.8 Å². The summed E-state index contributed by atoms with van der Waals surface area (Å²) in [6.07, 6.45) is 0. The summed E-state index contributed by atoms with van der Waals surface area (Å²) in [7, 11) is 1.66. The predicted molar refractivity (Wildman–Crippen MR) is 80.3 cm³/mol.